The lowest BCUT2D eigenvalue weighted by Gasteiger charge is -2.13. The fraction of sp³-hybridized carbons (Fsp3) is 0.171. The molecule has 4 rings (SSSR count). The number of benzene rings is 4. The quantitative estimate of drug-likeness (QED) is 0.108. The van der Waals surface area contributed by atoms with Gasteiger partial charge in [-0.25, -0.2) is 0 Å². The first kappa shape index (κ1) is 33.2. The molecule has 4 aromatic rings. The molecule has 0 aromatic heterocycles. The van der Waals surface area contributed by atoms with Crippen molar-refractivity contribution in [2.45, 2.75) is 24.7 Å². The number of thioether (sulfide) groups is 1. The number of carbonyl (C=O) groups excluding carboxylic acids is 3. The zero-order chi connectivity index (χ0) is 32.3. The molecule has 3 amide bonds. The molecule has 0 fully saturated rings. The smallest absolute Gasteiger partial charge is 0.272 e. The van der Waals surface area contributed by atoms with E-state index < -0.39 is 11.8 Å². The molecular formula is C35H34ClN3O5S. The first-order valence-corrected chi connectivity index (χ1v) is 15.5. The van der Waals surface area contributed by atoms with E-state index in [0.717, 1.165) is 10.5 Å². The highest BCUT2D eigenvalue weighted by Crippen LogP contribution is 2.36. The van der Waals surface area contributed by atoms with Crippen LogP contribution in [0, 0.1) is 0 Å². The number of halogens is 1. The summed E-state index contributed by atoms with van der Waals surface area (Å²) < 4.78 is 10.5. The van der Waals surface area contributed by atoms with Gasteiger partial charge in [0, 0.05) is 22.2 Å². The Hall–Kier alpha value is -4.73. The van der Waals surface area contributed by atoms with Crippen molar-refractivity contribution in [3.63, 3.8) is 0 Å². The van der Waals surface area contributed by atoms with E-state index in [1.54, 1.807) is 66.7 Å². The predicted octanol–water partition coefficient (Wildman–Crippen LogP) is 7.62. The van der Waals surface area contributed by atoms with Crippen LogP contribution in [0.15, 0.2) is 102 Å². The Morgan fingerprint density at radius 3 is 2.13 bits per heavy atom. The second-order valence-electron chi connectivity index (χ2n) is 10.2. The van der Waals surface area contributed by atoms with E-state index in [9.17, 15) is 14.4 Å². The van der Waals surface area contributed by atoms with Crippen LogP contribution in [0.2, 0.25) is 5.02 Å². The van der Waals surface area contributed by atoms with Crippen molar-refractivity contribution >= 4 is 58.5 Å². The Bertz CT molecular complexity index is 1670. The SMILES string of the molecule is COc1cc(OC)c(NC(=O)CSc2ccc(NC(=O)/C(=C/c3ccc(C(C)C)cc3)NC(=O)c3ccccc3)cc2)cc1Cl. The van der Waals surface area contributed by atoms with Crippen LogP contribution in [0.5, 0.6) is 11.5 Å². The fourth-order valence-electron chi connectivity index (χ4n) is 4.21. The van der Waals surface area contributed by atoms with Crippen molar-refractivity contribution in [1.82, 2.24) is 5.32 Å². The molecule has 0 aliphatic rings. The van der Waals surface area contributed by atoms with Crippen molar-refractivity contribution in [2.24, 2.45) is 0 Å². The second kappa shape index (κ2) is 15.8. The highest BCUT2D eigenvalue weighted by atomic mass is 35.5. The van der Waals surface area contributed by atoms with Crippen molar-refractivity contribution in [2.75, 3.05) is 30.6 Å². The van der Waals surface area contributed by atoms with Gasteiger partial charge in [0.2, 0.25) is 5.91 Å². The lowest BCUT2D eigenvalue weighted by atomic mass is 10.0. The summed E-state index contributed by atoms with van der Waals surface area (Å²) in [7, 11) is 2.99. The maximum atomic E-state index is 13.4. The molecule has 0 saturated heterocycles. The van der Waals surface area contributed by atoms with Crippen LogP contribution in [-0.2, 0) is 9.59 Å². The number of hydrogen-bond acceptors (Lipinski definition) is 6. The normalized spacial score (nSPS) is 11.1. The molecule has 0 bridgehead atoms. The molecule has 0 unspecified atom stereocenters. The van der Waals surface area contributed by atoms with Crippen LogP contribution in [0.25, 0.3) is 6.08 Å². The van der Waals surface area contributed by atoms with Gasteiger partial charge in [-0.1, -0.05) is 67.9 Å². The van der Waals surface area contributed by atoms with Gasteiger partial charge < -0.3 is 25.4 Å². The number of rotatable bonds is 12. The van der Waals surface area contributed by atoms with E-state index in [0.29, 0.717) is 39.4 Å². The summed E-state index contributed by atoms with van der Waals surface area (Å²) in [6.07, 6.45) is 1.65. The Morgan fingerprint density at radius 1 is 0.844 bits per heavy atom. The third-order valence-electron chi connectivity index (χ3n) is 6.67. The summed E-state index contributed by atoms with van der Waals surface area (Å²) in [5, 5.41) is 8.77. The van der Waals surface area contributed by atoms with Gasteiger partial charge in [0.1, 0.15) is 17.2 Å². The average molecular weight is 644 g/mol. The number of ether oxygens (including phenoxy) is 2. The van der Waals surface area contributed by atoms with E-state index >= 15 is 0 Å². The second-order valence-corrected chi connectivity index (χ2v) is 11.7. The maximum absolute atomic E-state index is 13.4. The molecule has 0 heterocycles. The maximum Gasteiger partial charge on any atom is 0.272 e. The number of methoxy groups -OCH3 is 2. The Morgan fingerprint density at radius 2 is 1.51 bits per heavy atom. The van der Waals surface area contributed by atoms with Gasteiger partial charge in [-0.2, -0.15) is 0 Å². The third-order valence-corrected chi connectivity index (χ3v) is 7.98. The first-order valence-electron chi connectivity index (χ1n) is 14.1. The van der Waals surface area contributed by atoms with E-state index in [2.05, 4.69) is 29.8 Å². The zero-order valence-corrected chi connectivity index (χ0v) is 26.9. The van der Waals surface area contributed by atoms with Gasteiger partial charge >= 0.3 is 0 Å². The summed E-state index contributed by atoms with van der Waals surface area (Å²) in [4.78, 5) is 39.8. The molecular weight excluding hydrogens is 610 g/mol. The first-order chi connectivity index (χ1) is 21.7. The van der Waals surface area contributed by atoms with Crippen LogP contribution in [0.3, 0.4) is 0 Å². The molecule has 3 N–H and O–H groups in total. The standard InChI is InChI=1S/C35H34ClN3O5S/c1-22(2)24-12-10-23(11-13-24)18-30(39-34(41)25-8-6-5-7-9-25)35(42)37-26-14-16-27(17-15-26)45-21-33(40)38-29-19-28(36)31(43-3)20-32(29)44-4/h5-20,22H,21H2,1-4H3,(H,37,42)(H,38,40)(H,39,41)/b30-18-. The van der Waals surface area contributed by atoms with E-state index in [1.165, 1.54) is 31.5 Å². The van der Waals surface area contributed by atoms with Gasteiger partial charge in [0.25, 0.3) is 11.8 Å². The molecule has 8 nitrogen and oxygen atoms in total. The molecule has 0 saturated carbocycles. The van der Waals surface area contributed by atoms with E-state index in [-0.39, 0.29) is 17.4 Å². The van der Waals surface area contributed by atoms with Crippen molar-refractivity contribution in [3.05, 3.63) is 118 Å². The van der Waals surface area contributed by atoms with Gasteiger partial charge in [-0.05, 0) is 65.6 Å². The number of anilines is 2. The molecule has 0 spiro atoms. The minimum atomic E-state index is -0.473. The van der Waals surface area contributed by atoms with Crippen molar-refractivity contribution in [1.29, 1.82) is 0 Å². The molecule has 232 valence electrons. The molecule has 45 heavy (non-hydrogen) atoms. The van der Waals surface area contributed by atoms with Gasteiger partial charge in [-0.15, -0.1) is 11.8 Å². The van der Waals surface area contributed by atoms with Gasteiger partial charge in [-0.3, -0.25) is 14.4 Å². The summed E-state index contributed by atoms with van der Waals surface area (Å²) in [5.41, 5.74) is 3.45. The number of amides is 3. The summed E-state index contributed by atoms with van der Waals surface area (Å²) in [5.74, 6) is 0.254. The van der Waals surface area contributed by atoms with Crippen LogP contribution >= 0.6 is 23.4 Å². The highest BCUT2D eigenvalue weighted by molar-refractivity contribution is 8.00. The minimum Gasteiger partial charge on any atom is -0.495 e. The third kappa shape index (κ3) is 9.38. The van der Waals surface area contributed by atoms with Crippen LogP contribution in [0.1, 0.15) is 41.3 Å². The van der Waals surface area contributed by atoms with Gasteiger partial charge in [0.15, 0.2) is 0 Å². The van der Waals surface area contributed by atoms with Crippen molar-refractivity contribution in [3.8, 4) is 11.5 Å². The highest BCUT2D eigenvalue weighted by Gasteiger charge is 2.16. The molecule has 0 atom stereocenters. The number of carbonyl (C=O) groups is 3. The predicted molar refractivity (Wildman–Crippen MR) is 181 cm³/mol. The molecule has 10 heteroatoms. The lowest BCUT2D eigenvalue weighted by molar-refractivity contribution is -0.114. The number of hydrogen-bond donors (Lipinski definition) is 3. The zero-order valence-electron chi connectivity index (χ0n) is 25.3. The fourth-order valence-corrected chi connectivity index (χ4v) is 5.15. The monoisotopic (exact) mass is 643 g/mol. The van der Waals surface area contributed by atoms with Crippen LogP contribution < -0.4 is 25.4 Å². The number of nitrogens with one attached hydrogen (secondary N) is 3. The van der Waals surface area contributed by atoms with Crippen LogP contribution in [-0.4, -0.2) is 37.7 Å². The minimum absolute atomic E-state index is 0.102. The largest absolute Gasteiger partial charge is 0.495 e. The molecule has 0 aliphatic carbocycles. The average Bonchev–Trinajstić information content (AvgIpc) is 3.05. The van der Waals surface area contributed by atoms with E-state index in [4.69, 9.17) is 21.1 Å². The van der Waals surface area contributed by atoms with E-state index in [1.807, 2.05) is 30.3 Å². The molecule has 0 aliphatic heterocycles. The summed E-state index contributed by atoms with van der Waals surface area (Å²) in [6.45, 7) is 4.22. The summed E-state index contributed by atoms with van der Waals surface area (Å²) >= 11 is 7.53. The molecule has 0 radical (unpaired) electrons. The Labute approximate surface area is 272 Å². The van der Waals surface area contributed by atoms with Crippen molar-refractivity contribution < 1.29 is 23.9 Å². The summed E-state index contributed by atoms with van der Waals surface area (Å²) in [6, 6.07) is 26.8. The lowest BCUT2D eigenvalue weighted by Crippen LogP contribution is -2.30. The topological polar surface area (TPSA) is 106 Å². The van der Waals surface area contributed by atoms with Gasteiger partial charge in [0.05, 0.1) is 30.7 Å². The Balaban J connectivity index is 1.41. The Kier molecular flexibility index (Phi) is 11.7. The van der Waals surface area contributed by atoms with Crippen LogP contribution in [0.4, 0.5) is 11.4 Å². The molecule has 4 aromatic carbocycles.